The van der Waals surface area contributed by atoms with Crippen molar-refractivity contribution in [2.24, 2.45) is 11.8 Å². The predicted molar refractivity (Wildman–Crippen MR) is 229 cm³/mol. The van der Waals surface area contributed by atoms with E-state index in [2.05, 4.69) is 52.9 Å². The maximum atomic E-state index is 16.8. The lowest BCUT2D eigenvalue weighted by Crippen LogP contribution is -2.43. The average molecular weight is 841 g/mol. The first-order valence-electron chi connectivity index (χ1n) is 21.4. The molecule has 5 unspecified atom stereocenters. The number of unbranched alkanes of at least 4 members (excludes halogenated alkanes) is 2. The molecule has 1 aromatic carbocycles. The Balaban J connectivity index is 1.58. The van der Waals surface area contributed by atoms with E-state index in [0.29, 0.717) is 12.0 Å². The number of benzene rings is 1. The summed E-state index contributed by atoms with van der Waals surface area (Å²) in [4.78, 5) is 25.1. The minimum absolute atomic E-state index is 0.0169. The van der Waals surface area contributed by atoms with E-state index in [0.717, 1.165) is 25.7 Å². The normalized spacial score (nSPS) is 25.5. The first-order valence-corrected chi connectivity index (χ1v) is 24.3. The molecule has 1 aromatic rings. The molecule has 0 bridgehead atoms. The van der Waals surface area contributed by atoms with Gasteiger partial charge in [-0.05, 0) is 99.5 Å². The second-order valence-electron chi connectivity index (χ2n) is 17.7. The Morgan fingerprint density at radius 2 is 1.58 bits per heavy atom. The molecule has 2 heterocycles. The second kappa shape index (κ2) is 22.9. The largest absolute Gasteiger partial charge is 0.469 e. The number of rotatable bonds is 23. The topological polar surface area (TPSA) is 119 Å². The van der Waals surface area contributed by atoms with Crippen molar-refractivity contribution in [1.29, 1.82) is 0 Å². The van der Waals surface area contributed by atoms with Crippen molar-refractivity contribution in [2.75, 3.05) is 7.11 Å². The van der Waals surface area contributed by atoms with Gasteiger partial charge in [-0.3, -0.25) is 4.79 Å². The molecule has 1 saturated carbocycles. The Bertz CT molecular complexity index is 1600. The molecule has 59 heavy (non-hydrogen) atoms. The summed E-state index contributed by atoms with van der Waals surface area (Å²) in [6, 6.07) is 8.49. The van der Waals surface area contributed by atoms with Crippen molar-refractivity contribution in [3.8, 4) is 0 Å². The molecular formula is C47H69FO10Si. The lowest BCUT2D eigenvalue weighted by Gasteiger charge is -2.39. The van der Waals surface area contributed by atoms with E-state index in [1.807, 2.05) is 24.3 Å². The molecule has 10 atom stereocenters. The molecule has 1 N–H and O–H groups in total. The van der Waals surface area contributed by atoms with Crippen LogP contribution in [0.3, 0.4) is 0 Å². The fraction of sp³-hybridized carbons (Fsp3) is 0.617. The number of carbonyl (C=O) groups excluding carboxylic acids is 2. The Labute approximate surface area is 353 Å². The van der Waals surface area contributed by atoms with Gasteiger partial charge < -0.3 is 38.0 Å². The van der Waals surface area contributed by atoms with Crippen molar-refractivity contribution in [3.05, 3.63) is 97.0 Å². The fourth-order valence-electron chi connectivity index (χ4n) is 7.41. The van der Waals surface area contributed by atoms with Crippen LogP contribution in [0.1, 0.15) is 109 Å². The van der Waals surface area contributed by atoms with Gasteiger partial charge in [0.2, 0.25) is 12.6 Å². The maximum absolute atomic E-state index is 16.8. The summed E-state index contributed by atoms with van der Waals surface area (Å²) in [7, 11) is -0.878. The maximum Gasteiger partial charge on any atom is 0.338 e. The Morgan fingerprint density at radius 3 is 2.15 bits per heavy atom. The van der Waals surface area contributed by atoms with Crippen LogP contribution in [-0.2, 0) is 37.6 Å². The molecule has 0 radical (unpaired) electrons. The molecule has 1 aliphatic carbocycles. The van der Waals surface area contributed by atoms with Gasteiger partial charge in [-0.1, -0.05) is 89.5 Å². The van der Waals surface area contributed by atoms with Gasteiger partial charge in [0.05, 0.1) is 56.0 Å². The monoisotopic (exact) mass is 840 g/mol. The molecule has 2 aliphatic heterocycles. The van der Waals surface area contributed by atoms with Crippen LogP contribution >= 0.6 is 0 Å². The van der Waals surface area contributed by atoms with Gasteiger partial charge in [0, 0.05) is 12.3 Å². The number of carbonyl (C=O) groups is 2. The average Bonchev–Trinajstić information content (AvgIpc) is 3.51. The molecule has 12 heteroatoms. The van der Waals surface area contributed by atoms with Gasteiger partial charge in [0.1, 0.15) is 11.8 Å². The first-order chi connectivity index (χ1) is 28.0. The highest BCUT2D eigenvalue weighted by atomic mass is 28.4. The van der Waals surface area contributed by atoms with Crippen LogP contribution in [0.15, 0.2) is 91.5 Å². The summed E-state index contributed by atoms with van der Waals surface area (Å²) in [5.74, 6) is -1.79. The second-order valence-corrected chi connectivity index (χ2v) is 22.4. The van der Waals surface area contributed by atoms with E-state index in [-0.39, 0.29) is 55.1 Å². The van der Waals surface area contributed by atoms with Gasteiger partial charge >= 0.3 is 11.9 Å². The van der Waals surface area contributed by atoms with Crippen molar-refractivity contribution >= 4 is 20.3 Å². The smallest absolute Gasteiger partial charge is 0.338 e. The number of methoxy groups -OCH3 is 1. The van der Waals surface area contributed by atoms with E-state index in [1.165, 1.54) is 14.0 Å². The number of esters is 2. The number of aliphatic hydroxyl groups excluding tert-OH is 1. The molecule has 0 amide bonds. The lowest BCUT2D eigenvalue weighted by atomic mass is 9.82. The third-order valence-electron chi connectivity index (χ3n) is 12.0. The van der Waals surface area contributed by atoms with E-state index in [1.54, 1.807) is 55.0 Å². The summed E-state index contributed by atoms with van der Waals surface area (Å²) >= 11 is 0. The first kappa shape index (κ1) is 48.1. The summed E-state index contributed by atoms with van der Waals surface area (Å²) in [6.07, 6.45) is 18.8. The number of halogens is 1. The van der Waals surface area contributed by atoms with Crippen molar-refractivity contribution < 1.29 is 51.9 Å². The van der Waals surface area contributed by atoms with Gasteiger partial charge in [0.25, 0.3) is 0 Å². The van der Waals surface area contributed by atoms with Gasteiger partial charge in [-0.15, -0.1) is 0 Å². The number of hydrogen-bond acceptors (Lipinski definition) is 10. The summed E-state index contributed by atoms with van der Waals surface area (Å²) < 4.78 is 59.0. The molecule has 1 fully saturated rings. The minimum atomic E-state index is -2.14. The van der Waals surface area contributed by atoms with Crippen LogP contribution in [0.25, 0.3) is 0 Å². The lowest BCUT2D eigenvalue weighted by molar-refractivity contribution is -0.143. The highest BCUT2D eigenvalue weighted by Gasteiger charge is 2.48. The zero-order valence-electron chi connectivity index (χ0n) is 36.4. The van der Waals surface area contributed by atoms with E-state index in [4.69, 9.17) is 32.8 Å². The van der Waals surface area contributed by atoms with Gasteiger partial charge in [-0.2, -0.15) is 0 Å². The Morgan fingerprint density at radius 1 is 0.932 bits per heavy atom. The van der Waals surface area contributed by atoms with E-state index in [9.17, 15) is 14.7 Å². The molecule has 0 aromatic heterocycles. The van der Waals surface area contributed by atoms with Gasteiger partial charge in [-0.25, -0.2) is 9.18 Å². The zero-order chi connectivity index (χ0) is 43.1. The van der Waals surface area contributed by atoms with E-state index < -0.39 is 62.9 Å². The number of hydrogen-bond donors (Lipinski definition) is 1. The summed E-state index contributed by atoms with van der Waals surface area (Å²) in [5, 5.41) is 11.8. The van der Waals surface area contributed by atoms with Crippen LogP contribution in [0.4, 0.5) is 4.39 Å². The molecule has 3 aliphatic rings. The SMILES string of the molecule is CCCCCC(/C=C/C1[C@@H](CC(O)C(C)(F)CCCC(CC(=O)OC)OC(=O)c2ccccc2)[C@@H](O[C@@H]2C=CC=CO2)C[C@H]1O[C@@H]1C=CC=CO1)O[Si](C)(C)C(C)(C)C. The van der Waals surface area contributed by atoms with Crippen molar-refractivity contribution in [3.63, 3.8) is 0 Å². The van der Waals surface area contributed by atoms with Crippen molar-refractivity contribution in [2.45, 2.75) is 166 Å². The molecule has 0 spiro atoms. The Hall–Kier alpha value is -3.55. The fourth-order valence-corrected chi connectivity index (χ4v) is 8.71. The molecule has 4 rings (SSSR count). The van der Waals surface area contributed by atoms with Crippen LogP contribution in [0, 0.1) is 11.8 Å². The summed E-state index contributed by atoms with van der Waals surface area (Å²) in [6.45, 7) is 14.8. The molecule has 328 valence electrons. The third-order valence-corrected chi connectivity index (χ3v) is 16.5. The highest BCUT2D eigenvalue weighted by molar-refractivity contribution is 6.74. The van der Waals surface area contributed by atoms with Gasteiger partial charge in [0.15, 0.2) is 8.32 Å². The number of allylic oxidation sites excluding steroid dienone is 4. The van der Waals surface area contributed by atoms with Crippen LogP contribution in [-0.4, -0.2) is 81.2 Å². The van der Waals surface area contributed by atoms with Crippen LogP contribution in [0.5, 0.6) is 0 Å². The standard InChI is InChI=1S/C47H69FO10Si/c1-9-10-12-22-35(58-59(7,8)46(2,3)4)26-27-37-38(40(57-44-25-16-18-30-54-44)33-39(37)56-43-24-15-17-29-53-43)32-41(49)47(5,48)28-19-23-36(31-42(50)52-6)55-45(51)34-20-13-11-14-21-34/h11,13-18,20-21,24-27,29-30,35-41,43-44,49H,9-10,12,19,22-23,28,31-33H2,1-8H3/b27-26+/t35?,36?,37?,38-,39-,40+,41?,43-,44-,47?/m1/s1. The number of aliphatic hydroxyl groups is 1. The number of ether oxygens (including phenoxy) is 6. The summed E-state index contributed by atoms with van der Waals surface area (Å²) in [5.41, 5.74) is -1.69. The number of alkyl halides is 1. The molecule has 0 saturated heterocycles. The molecular weight excluding hydrogens is 772 g/mol. The zero-order valence-corrected chi connectivity index (χ0v) is 37.4. The van der Waals surface area contributed by atoms with E-state index >= 15 is 4.39 Å². The Kier molecular flexibility index (Phi) is 18.7. The van der Waals surface area contributed by atoms with Crippen LogP contribution in [0.2, 0.25) is 18.1 Å². The van der Waals surface area contributed by atoms with Crippen LogP contribution < -0.4 is 0 Å². The molecule has 10 nitrogen and oxygen atoms in total. The minimum Gasteiger partial charge on any atom is -0.469 e. The quantitative estimate of drug-likeness (QED) is 0.0494. The third kappa shape index (κ3) is 15.1. The highest BCUT2D eigenvalue weighted by Crippen LogP contribution is 2.44. The van der Waals surface area contributed by atoms with Crippen molar-refractivity contribution in [1.82, 2.24) is 0 Å². The predicted octanol–water partition coefficient (Wildman–Crippen LogP) is 10.2.